The number of nitrogens with zero attached hydrogens (tertiary/aromatic N) is 1. The first-order valence-electron chi connectivity index (χ1n) is 7.62. The van der Waals surface area contributed by atoms with Gasteiger partial charge in [0.25, 0.3) is 0 Å². The molecule has 0 aliphatic carbocycles. The van der Waals surface area contributed by atoms with Gasteiger partial charge in [-0.25, -0.2) is 4.98 Å². The summed E-state index contributed by atoms with van der Waals surface area (Å²) in [6.45, 7) is -1.20. The molecule has 1 aromatic heterocycles. The zero-order valence-corrected chi connectivity index (χ0v) is 16.0. The summed E-state index contributed by atoms with van der Waals surface area (Å²) in [6, 6.07) is 10.7. The smallest absolute Gasteiger partial charge is 0.422 e. The van der Waals surface area contributed by atoms with Gasteiger partial charge in [-0.05, 0) is 39.7 Å². The number of benzene rings is 1. The van der Waals surface area contributed by atoms with Crippen LogP contribution < -0.4 is 10.1 Å². The van der Waals surface area contributed by atoms with E-state index in [1.165, 1.54) is 12.3 Å². The Hall–Kier alpha value is -1.74. The van der Waals surface area contributed by atoms with Gasteiger partial charge >= 0.3 is 6.18 Å². The highest BCUT2D eigenvalue weighted by atomic mass is 79.9. The first-order chi connectivity index (χ1) is 12.3. The quantitative estimate of drug-likeness (QED) is 0.600. The van der Waals surface area contributed by atoms with Crippen molar-refractivity contribution in [1.82, 2.24) is 10.3 Å². The van der Waals surface area contributed by atoms with Gasteiger partial charge in [-0.3, -0.25) is 4.79 Å². The molecule has 2 rings (SSSR count). The number of thioether (sulfide) groups is 1. The molecule has 0 radical (unpaired) electrons. The Morgan fingerprint density at radius 1 is 1.27 bits per heavy atom. The summed E-state index contributed by atoms with van der Waals surface area (Å²) in [6.07, 6.45) is -2.75. The number of rotatable bonds is 8. The molecule has 0 unspecified atom stereocenters. The van der Waals surface area contributed by atoms with Gasteiger partial charge in [-0.2, -0.15) is 13.2 Å². The van der Waals surface area contributed by atoms with Gasteiger partial charge in [0.1, 0.15) is 0 Å². The molecule has 0 aliphatic heterocycles. The summed E-state index contributed by atoms with van der Waals surface area (Å²) in [4.78, 5) is 16.7. The van der Waals surface area contributed by atoms with Crippen molar-refractivity contribution < 1.29 is 22.7 Å². The van der Waals surface area contributed by atoms with Crippen LogP contribution in [0.1, 0.15) is 12.0 Å². The van der Waals surface area contributed by atoms with Gasteiger partial charge in [-0.15, -0.1) is 11.8 Å². The maximum absolute atomic E-state index is 12.1. The van der Waals surface area contributed by atoms with E-state index in [1.807, 2.05) is 24.3 Å². The molecule has 1 heterocycles. The van der Waals surface area contributed by atoms with Crippen molar-refractivity contribution in [2.75, 3.05) is 12.4 Å². The van der Waals surface area contributed by atoms with Crippen molar-refractivity contribution in [3.8, 4) is 5.88 Å². The highest BCUT2D eigenvalue weighted by Crippen LogP contribution is 2.27. The van der Waals surface area contributed by atoms with E-state index in [0.29, 0.717) is 17.7 Å². The Balaban J connectivity index is 1.74. The predicted molar refractivity (Wildman–Crippen MR) is 97.1 cm³/mol. The number of aromatic nitrogens is 1. The standard InChI is InChI=1S/C17H16BrF3N2O2S/c18-13-3-1-2-4-14(13)26-8-6-15(24)23-10-12-5-7-22-16(9-12)25-11-17(19,20)21/h1-5,7,9H,6,8,10-11H2,(H,23,24). The first kappa shape index (κ1) is 20.6. The molecule has 2 aromatic rings. The average molecular weight is 449 g/mol. The first-order valence-corrected chi connectivity index (χ1v) is 9.40. The van der Waals surface area contributed by atoms with E-state index in [9.17, 15) is 18.0 Å². The van der Waals surface area contributed by atoms with Crippen molar-refractivity contribution in [2.45, 2.75) is 24.0 Å². The second-order valence-electron chi connectivity index (χ2n) is 5.21. The number of nitrogens with one attached hydrogen (secondary N) is 1. The number of carbonyl (C=O) groups excluding carboxylic acids is 1. The number of halogens is 4. The summed E-state index contributed by atoms with van der Waals surface area (Å²) in [7, 11) is 0. The third kappa shape index (κ3) is 7.65. The van der Waals surface area contributed by atoms with Crippen molar-refractivity contribution in [2.24, 2.45) is 0 Å². The van der Waals surface area contributed by atoms with Crippen LogP contribution in [0.4, 0.5) is 13.2 Å². The van der Waals surface area contributed by atoms with Gasteiger partial charge < -0.3 is 10.1 Å². The third-order valence-electron chi connectivity index (χ3n) is 3.10. The number of hydrogen-bond acceptors (Lipinski definition) is 4. The van der Waals surface area contributed by atoms with Gasteiger partial charge in [0.05, 0.1) is 0 Å². The van der Waals surface area contributed by atoms with Crippen molar-refractivity contribution in [3.05, 3.63) is 52.6 Å². The number of hydrogen-bond donors (Lipinski definition) is 1. The van der Waals surface area contributed by atoms with Crippen LogP contribution in [-0.2, 0) is 11.3 Å². The summed E-state index contributed by atoms with van der Waals surface area (Å²) < 4.78 is 42.0. The molecule has 26 heavy (non-hydrogen) atoms. The van der Waals surface area contributed by atoms with Gasteiger partial charge in [-0.1, -0.05) is 12.1 Å². The Kier molecular flexibility index (Phi) is 7.77. The maximum Gasteiger partial charge on any atom is 0.422 e. The largest absolute Gasteiger partial charge is 0.468 e. The lowest BCUT2D eigenvalue weighted by molar-refractivity contribution is -0.154. The molecule has 1 N–H and O–H groups in total. The number of carbonyl (C=O) groups is 1. The average Bonchev–Trinajstić information content (AvgIpc) is 2.60. The number of alkyl halides is 3. The van der Waals surface area contributed by atoms with Crippen LogP contribution in [0.5, 0.6) is 5.88 Å². The van der Waals surface area contributed by atoms with E-state index in [0.717, 1.165) is 9.37 Å². The van der Waals surface area contributed by atoms with E-state index >= 15 is 0 Å². The number of ether oxygens (including phenoxy) is 1. The van der Waals surface area contributed by atoms with E-state index in [4.69, 9.17) is 0 Å². The van der Waals surface area contributed by atoms with E-state index in [1.54, 1.807) is 17.8 Å². The Bertz CT molecular complexity index is 744. The SMILES string of the molecule is O=C(CCSc1ccccc1Br)NCc1ccnc(OCC(F)(F)F)c1. The minimum atomic E-state index is -4.42. The lowest BCUT2D eigenvalue weighted by Crippen LogP contribution is -2.23. The van der Waals surface area contributed by atoms with Crippen LogP contribution >= 0.6 is 27.7 Å². The fraction of sp³-hybridized carbons (Fsp3) is 0.294. The normalized spacial score (nSPS) is 11.2. The number of pyridine rings is 1. The summed E-state index contributed by atoms with van der Waals surface area (Å²) >= 11 is 5.01. The summed E-state index contributed by atoms with van der Waals surface area (Å²) in [5.74, 6) is 0.350. The lowest BCUT2D eigenvalue weighted by Gasteiger charge is -2.10. The van der Waals surface area contributed by atoms with Crippen LogP contribution in [0.2, 0.25) is 0 Å². The molecule has 4 nitrogen and oxygen atoms in total. The van der Waals surface area contributed by atoms with Crippen molar-refractivity contribution in [3.63, 3.8) is 0 Å². The minimum Gasteiger partial charge on any atom is -0.468 e. The minimum absolute atomic E-state index is 0.126. The van der Waals surface area contributed by atoms with Gasteiger partial charge in [0.15, 0.2) is 6.61 Å². The maximum atomic E-state index is 12.1. The molecule has 0 atom stereocenters. The fourth-order valence-electron chi connectivity index (χ4n) is 1.90. The van der Waals surface area contributed by atoms with Crippen LogP contribution in [-0.4, -0.2) is 29.4 Å². The second kappa shape index (κ2) is 9.82. The molecule has 1 amide bonds. The predicted octanol–water partition coefficient (Wildman–Crippen LogP) is 4.58. The van der Waals surface area contributed by atoms with Crippen LogP contribution in [0.15, 0.2) is 52.0 Å². The van der Waals surface area contributed by atoms with Crippen LogP contribution in [0, 0.1) is 0 Å². The Morgan fingerprint density at radius 2 is 2.04 bits per heavy atom. The number of amides is 1. The molecule has 140 valence electrons. The molecular formula is C17H16BrF3N2O2S. The highest BCUT2D eigenvalue weighted by Gasteiger charge is 2.28. The van der Waals surface area contributed by atoms with Gasteiger partial charge in [0, 0.05) is 40.3 Å². The van der Waals surface area contributed by atoms with Crippen molar-refractivity contribution in [1.29, 1.82) is 0 Å². The van der Waals surface area contributed by atoms with E-state index in [2.05, 4.69) is 31.0 Å². The Morgan fingerprint density at radius 3 is 2.77 bits per heavy atom. The molecule has 9 heteroatoms. The van der Waals surface area contributed by atoms with Crippen molar-refractivity contribution >= 4 is 33.6 Å². The third-order valence-corrected chi connectivity index (χ3v) is 5.13. The van der Waals surface area contributed by atoms with E-state index < -0.39 is 12.8 Å². The Labute approximate surface area is 161 Å². The van der Waals surface area contributed by atoms with Crippen LogP contribution in [0.25, 0.3) is 0 Å². The molecule has 0 bridgehead atoms. The topological polar surface area (TPSA) is 51.2 Å². The molecule has 0 aliphatic rings. The summed E-state index contributed by atoms with van der Waals surface area (Å²) in [5, 5.41) is 2.73. The van der Waals surface area contributed by atoms with Gasteiger partial charge in [0.2, 0.25) is 11.8 Å². The highest BCUT2D eigenvalue weighted by molar-refractivity contribution is 9.10. The zero-order chi connectivity index (χ0) is 19.0. The molecule has 0 spiro atoms. The molecular weight excluding hydrogens is 433 g/mol. The monoisotopic (exact) mass is 448 g/mol. The molecule has 0 fully saturated rings. The lowest BCUT2D eigenvalue weighted by atomic mass is 10.2. The van der Waals surface area contributed by atoms with E-state index in [-0.39, 0.29) is 18.3 Å². The summed E-state index contributed by atoms with van der Waals surface area (Å²) in [5.41, 5.74) is 0.615. The zero-order valence-electron chi connectivity index (χ0n) is 13.6. The molecule has 1 aromatic carbocycles. The second-order valence-corrected chi connectivity index (χ2v) is 7.20. The fourth-order valence-corrected chi connectivity index (χ4v) is 3.42. The van der Waals surface area contributed by atoms with Crippen LogP contribution in [0.3, 0.4) is 0 Å². The molecule has 0 saturated carbocycles. The molecule has 0 saturated heterocycles.